The zero-order valence-electron chi connectivity index (χ0n) is 6.71. The fourth-order valence-electron chi connectivity index (χ4n) is 0.907. The molecule has 1 fully saturated rings. The Morgan fingerprint density at radius 3 is 2.55 bits per heavy atom. The van der Waals surface area contributed by atoms with Crippen molar-refractivity contribution in [1.82, 2.24) is 0 Å². The van der Waals surface area contributed by atoms with Gasteiger partial charge in [0.25, 0.3) is 0 Å². The molecule has 0 radical (unpaired) electrons. The van der Waals surface area contributed by atoms with Gasteiger partial charge in [0.05, 0.1) is 24.7 Å². The van der Waals surface area contributed by atoms with Gasteiger partial charge in [-0.3, -0.25) is 0 Å². The summed E-state index contributed by atoms with van der Waals surface area (Å²) in [5.41, 5.74) is 0. The normalized spacial score (nSPS) is 20.8. The van der Waals surface area contributed by atoms with Gasteiger partial charge >= 0.3 is 0 Å². The summed E-state index contributed by atoms with van der Waals surface area (Å²) in [6.45, 7) is 2.28. The van der Waals surface area contributed by atoms with Crippen LogP contribution in [0.15, 0.2) is 0 Å². The molecule has 1 aliphatic rings. The van der Waals surface area contributed by atoms with Gasteiger partial charge in [-0.25, -0.2) is 0 Å². The largest absolute Gasteiger partial charge is 0.377 e. The van der Waals surface area contributed by atoms with E-state index in [9.17, 15) is 0 Å². The number of nitriles is 2. The van der Waals surface area contributed by atoms with E-state index in [4.69, 9.17) is 15.3 Å². The molecule has 1 aliphatic heterocycles. The SMILES string of the molecule is CC#N.N#CCC1CCCO1. The lowest BCUT2D eigenvalue weighted by Gasteiger charge is -1.99. The summed E-state index contributed by atoms with van der Waals surface area (Å²) in [4.78, 5) is 0. The van der Waals surface area contributed by atoms with E-state index in [0.29, 0.717) is 6.42 Å². The van der Waals surface area contributed by atoms with Gasteiger partial charge in [0, 0.05) is 13.5 Å². The second kappa shape index (κ2) is 7.05. The van der Waals surface area contributed by atoms with E-state index in [1.807, 2.05) is 0 Å². The quantitative estimate of drug-likeness (QED) is 0.573. The van der Waals surface area contributed by atoms with Gasteiger partial charge < -0.3 is 4.74 Å². The van der Waals surface area contributed by atoms with E-state index in [-0.39, 0.29) is 6.10 Å². The summed E-state index contributed by atoms with van der Waals surface area (Å²) in [5.74, 6) is 0. The van der Waals surface area contributed by atoms with Crippen molar-refractivity contribution >= 4 is 0 Å². The van der Waals surface area contributed by atoms with Crippen LogP contribution in [0.1, 0.15) is 26.2 Å². The first-order valence-electron chi connectivity index (χ1n) is 3.64. The maximum absolute atomic E-state index is 8.20. The van der Waals surface area contributed by atoms with Crippen molar-refractivity contribution < 1.29 is 4.74 Å². The van der Waals surface area contributed by atoms with Gasteiger partial charge in [-0.15, -0.1) is 0 Å². The van der Waals surface area contributed by atoms with Crippen LogP contribution in [0.25, 0.3) is 0 Å². The molecule has 3 nitrogen and oxygen atoms in total. The Balaban J connectivity index is 0.000000292. The van der Waals surface area contributed by atoms with E-state index >= 15 is 0 Å². The monoisotopic (exact) mass is 152 g/mol. The van der Waals surface area contributed by atoms with Crippen molar-refractivity contribution in [3.05, 3.63) is 0 Å². The van der Waals surface area contributed by atoms with Gasteiger partial charge in [0.15, 0.2) is 0 Å². The molecule has 11 heavy (non-hydrogen) atoms. The molecule has 0 aromatic rings. The summed E-state index contributed by atoms with van der Waals surface area (Å²) >= 11 is 0. The number of nitrogens with zero attached hydrogens (tertiary/aromatic N) is 2. The summed E-state index contributed by atoms with van der Waals surface area (Å²) in [5, 5.41) is 15.5. The maximum Gasteiger partial charge on any atom is 0.0705 e. The van der Waals surface area contributed by atoms with Crippen LogP contribution in [0.3, 0.4) is 0 Å². The summed E-state index contributed by atoms with van der Waals surface area (Å²) in [6, 6.07) is 3.83. The molecule has 1 saturated heterocycles. The average molecular weight is 152 g/mol. The third-order valence-electron chi connectivity index (χ3n) is 1.34. The minimum Gasteiger partial charge on any atom is -0.377 e. The van der Waals surface area contributed by atoms with E-state index in [0.717, 1.165) is 19.4 Å². The molecule has 0 saturated carbocycles. The Morgan fingerprint density at radius 1 is 1.55 bits per heavy atom. The van der Waals surface area contributed by atoms with Gasteiger partial charge in [0.1, 0.15) is 0 Å². The molecule has 0 bridgehead atoms. The standard InChI is InChI=1S/C6H9NO.C2H3N/c7-4-3-6-2-1-5-8-6;1-2-3/h6H,1-3,5H2;1H3. The topological polar surface area (TPSA) is 56.8 Å². The molecular weight excluding hydrogens is 140 g/mol. The van der Waals surface area contributed by atoms with Crippen LogP contribution in [-0.4, -0.2) is 12.7 Å². The Kier molecular flexibility index (Phi) is 6.37. The van der Waals surface area contributed by atoms with Crippen LogP contribution in [0, 0.1) is 22.7 Å². The van der Waals surface area contributed by atoms with Gasteiger partial charge in [0.2, 0.25) is 0 Å². The van der Waals surface area contributed by atoms with Crippen LogP contribution < -0.4 is 0 Å². The highest BCUT2D eigenvalue weighted by atomic mass is 16.5. The van der Waals surface area contributed by atoms with Gasteiger partial charge in [-0.05, 0) is 12.8 Å². The number of hydrogen-bond acceptors (Lipinski definition) is 3. The Labute approximate surface area is 67.2 Å². The van der Waals surface area contributed by atoms with Crippen molar-refractivity contribution in [3.8, 4) is 12.1 Å². The van der Waals surface area contributed by atoms with Crippen LogP contribution in [0.4, 0.5) is 0 Å². The van der Waals surface area contributed by atoms with Crippen LogP contribution in [0.5, 0.6) is 0 Å². The van der Waals surface area contributed by atoms with E-state index in [1.54, 1.807) is 6.07 Å². The minimum atomic E-state index is 0.250. The summed E-state index contributed by atoms with van der Waals surface area (Å²) < 4.78 is 5.17. The lowest BCUT2D eigenvalue weighted by atomic mass is 10.2. The smallest absolute Gasteiger partial charge is 0.0705 e. The van der Waals surface area contributed by atoms with Crippen molar-refractivity contribution in [2.75, 3.05) is 6.61 Å². The molecule has 0 aromatic carbocycles. The number of rotatable bonds is 1. The molecule has 0 amide bonds. The zero-order valence-corrected chi connectivity index (χ0v) is 6.71. The molecule has 0 spiro atoms. The molecule has 1 unspecified atom stereocenters. The van der Waals surface area contributed by atoms with Gasteiger partial charge in [-0.2, -0.15) is 10.5 Å². The first-order chi connectivity index (χ1) is 5.35. The second-order valence-electron chi connectivity index (χ2n) is 2.22. The second-order valence-corrected chi connectivity index (χ2v) is 2.22. The van der Waals surface area contributed by atoms with Crippen molar-refractivity contribution in [1.29, 1.82) is 10.5 Å². The van der Waals surface area contributed by atoms with Crippen molar-refractivity contribution in [3.63, 3.8) is 0 Å². The van der Waals surface area contributed by atoms with Crippen LogP contribution in [-0.2, 0) is 4.74 Å². The lowest BCUT2D eigenvalue weighted by Crippen LogP contribution is -2.01. The van der Waals surface area contributed by atoms with E-state index in [1.165, 1.54) is 6.92 Å². The van der Waals surface area contributed by atoms with E-state index in [2.05, 4.69) is 6.07 Å². The first-order valence-corrected chi connectivity index (χ1v) is 3.64. The highest BCUT2D eigenvalue weighted by Crippen LogP contribution is 2.13. The third kappa shape index (κ3) is 5.39. The third-order valence-corrected chi connectivity index (χ3v) is 1.34. The molecule has 1 rings (SSSR count). The van der Waals surface area contributed by atoms with Crippen LogP contribution in [0.2, 0.25) is 0 Å². The molecule has 0 aliphatic carbocycles. The van der Waals surface area contributed by atoms with Gasteiger partial charge in [-0.1, -0.05) is 0 Å². The number of hydrogen-bond donors (Lipinski definition) is 0. The first kappa shape index (κ1) is 9.94. The molecule has 3 heteroatoms. The highest BCUT2D eigenvalue weighted by molar-refractivity contribution is 4.78. The zero-order chi connectivity index (χ0) is 8.53. The van der Waals surface area contributed by atoms with Crippen molar-refractivity contribution in [2.24, 2.45) is 0 Å². The van der Waals surface area contributed by atoms with E-state index < -0.39 is 0 Å². The molecule has 0 aromatic heterocycles. The average Bonchev–Trinajstić information content (AvgIpc) is 2.42. The number of ether oxygens (including phenoxy) is 1. The fraction of sp³-hybridized carbons (Fsp3) is 0.750. The lowest BCUT2D eigenvalue weighted by molar-refractivity contribution is 0.115. The van der Waals surface area contributed by atoms with Crippen molar-refractivity contribution in [2.45, 2.75) is 32.3 Å². The molecule has 60 valence electrons. The highest BCUT2D eigenvalue weighted by Gasteiger charge is 2.13. The maximum atomic E-state index is 8.20. The molecule has 0 N–H and O–H groups in total. The molecule has 1 atom stereocenters. The Bertz CT molecular complexity index is 160. The predicted octanol–water partition coefficient (Wildman–Crippen LogP) is 1.61. The Morgan fingerprint density at radius 2 is 2.18 bits per heavy atom. The molecular formula is C8H12N2O. The predicted molar refractivity (Wildman–Crippen MR) is 40.5 cm³/mol. The summed E-state index contributed by atoms with van der Waals surface area (Å²) in [6.07, 6.45) is 3.03. The summed E-state index contributed by atoms with van der Waals surface area (Å²) in [7, 11) is 0. The molecule has 1 heterocycles. The minimum absolute atomic E-state index is 0.250. The van der Waals surface area contributed by atoms with Crippen LogP contribution >= 0.6 is 0 Å². The Hall–Kier alpha value is -1.06. The fourth-order valence-corrected chi connectivity index (χ4v) is 0.907.